The summed E-state index contributed by atoms with van der Waals surface area (Å²) in [5, 5.41) is 14.0. The first-order valence-corrected chi connectivity index (χ1v) is 8.18. The second-order valence-corrected chi connectivity index (χ2v) is 5.74. The lowest BCUT2D eigenvalue weighted by atomic mass is 10.1. The van der Waals surface area contributed by atoms with Gasteiger partial charge >= 0.3 is 0 Å². The molecule has 1 heterocycles. The van der Waals surface area contributed by atoms with E-state index in [2.05, 4.69) is 17.2 Å². The highest BCUT2D eigenvalue weighted by Gasteiger charge is 2.12. The predicted molar refractivity (Wildman–Crippen MR) is 96.8 cm³/mol. The molecule has 2 aromatic carbocycles. The zero-order chi connectivity index (χ0) is 17.6. The first kappa shape index (κ1) is 17.0. The van der Waals surface area contributed by atoms with Crippen LogP contribution >= 0.6 is 0 Å². The molecule has 25 heavy (non-hydrogen) atoms. The van der Waals surface area contributed by atoms with Crippen LogP contribution in [0.15, 0.2) is 54.6 Å². The fourth-order valence-corrected chi connectivity index (χ4v) is 2.79. The molecule has 0 spiro atoms. The fourth-order valence-electron chi connectivity index (χ4n) is 2.79. The maximum Gasteiger partial charge on any atom is 0.123 e. The zero-order valence-electron chi connectivity index (χ0n) is 14.5. The van der Waals surface area contributed by atoms with E-state index in [0.29, 0.717) is 5.69 Å². The summed E-state index contributed by atoms with van der Waals surface area (Å²) in [4.78, 5) is 0. The Kier molecular flexibility index (Phi) is 5.36. The molecular weight excluding hydrogens is 316 g/mol. The molecule has 0 aliphatic rings. The molecule has 0 aliphatic carbocycles. The highest BCUT2D eigenvalue weighted by Crippen LogP contribution is 2.30. The standard InChI is InChI=1S/C20H22N2O3/c1-24-18-10-16(11-19(13-18)25-2)20-12-17(14-23)21-22(20)9-8-15-6-4-3-5-7-15/h3-7,10-13,23H,8-9,14H2,1-2H3. The van der Waals surface area contributed by atoms with Crippen LogP contribution in [0.2, 0.25) is 0 Å². The predicted octanol–water partition coefficient (Wildman–Crippen LogP) is 3.30. The Hall–Kier alpha value is -2.79. The van der Waals surface area contributed by atoms with Crippen LogP contribution in [-0.4, -0.2) is 29.1 Å². The van der Waals surface area contributed by atoms with E-state index in [1.807, 2.05) is 47.1 Å². The Morgan fingerprint density at radius 2 is 1.64 bits per heavy atom. The van der Waals surface area contributed by atoms with Crippen LogP contribution in [0.3, 0.4) is 0 Å². The van der Waals surface area contributed by atoms with Crippen LogP contribution in [0, 0.1) is 0 Å². The van der Waals surface area contributed by atoms with Gasteiger partial charge in [0.1, 0.15) is 11.5 Å². The van der Waals surface area contributed by atoms with Gasteiger partial charge in [-0.25, -0.2) is 0 Å². The fraction of sp³-hybridized carbons (Fsp3) is 0.250. The molecule has 0 saturated carbocycles. The number of methoxy groups -OCH3 is 2. The number of aliphatic hydroxyl groups is 1. The molecule has 0 aliphatic heterocycles. The van der Waals surface area contributed by atoms with Crippen molar-refractivity contribution >= 4 is 0 Å². The van der Waals surface area contributed by atoms with Gasteiger partial charge in [0.05, 0.1) is 32.2 Å². The minimum Gasteiger partial charge on any atom is -0.497 e. The molecule has 0 bridgehead atoms. The molecule has 5 heteroatoms. The van der Waals surface area contributed by atoms with E-state index in [4.69, 9.17) is 9.47 Å². The molecule has 0 radical (unpaired) electrons. The van der Waals surface area contributed by atoms with Gasteiger partial charge in [-0.1, -0.05) is 30.3 Å². The van der Waals surface area contributed by atoms with Crippen LogP contribution in [-0.2, 0) is 19.6 Å². The van der Waals surface area contributed by atoms with Crippen molar-refractivity contribution in [3.8, 4) is 22.8 Å². The van der Waals surface area contributed by atoms with Crippen LogP contribution < -0.4 is 9.47 Å². The molecule has 0 fully saturated rings. The van der Waals surface area contributed by atoms with Crippen molar-refractivity contribution in [2.45, 2.75) is 19.6 Å². The summed E-state index contributed by atoms with van der Waals surface area (Å²) in [5.74, 6) is 1.44. The second-order valence-electron chi connectivity index (χ2n) is 5.74. The lowest BCUT2D eigenvalue weighted by molar-refractivity contribution is 0.275. The summed E-state index contributed by atoms with van der Waals surface area (Å²) in [6, 6.07) is 17.9. The maximum absolute atomic E-state index is 9.48. The van der Waals surface area contributed by atoms with Crippen molar-refractivity contribution in [2.24, 2.45) is 0 Å². The SMILES string of the molecule is COc1cc(OC)cc(-c2cc(CO)nn2CCc2ccccc2)c1. The molecule has 1 aromatic heterocycles. The van der Waals surface area contributed by atoms with E-state index in [-0.39, 0.29) is 6.61 Å². The maximum atomic E-state index is 9.48. The van der Waals surface area contributed by atoms with Crippen LogP contribution in [0.1, 0.15) is 11.3 Å². The zero-order valence-corrected chi connectivity index (χ0v) is 14.5. The topological polar surface area (TPSA) is 56.5 Å². The van der Waals surface area contributed by atoms with Crippen molar-refractivity contribution in [2.75, 3.05) is 14.2 Å². The van der Waals surface area contributed by atoms with E-state index in [9.17, 15) is 5.11 Å². The Labute approximate surface area is 147 Å². The second kappa shape index (κ2) is 7.85. The summed E-state index contributed by atoms with van der Waals surface area (Å²) < 4.78 is 12.6. The minimum atomic E-state index is -0.0908. The number of benzene rings is 2. The highest BCUT2D eigenvalue weighted by atomic mass is 16.5. The van der Waals surface area contributed by atoms with Gasteiger partial charge < -0.3 is 14.6 Å². The van der Waals surface area contributed by atoms with E-state index < -0.39 is 0 Å². The Morgan fingerprint density at radius 3 is 2.24 bits per heavy atom. The lowest BCUT2D eigenvalue weighted by Crippen LogP contribution is -2.06. The van der Waals surface area contributed by atoms with Crippen molar-refractivity contribution in [3.05, 3.63) is 65.9 Å². The van der Waals surface area contributed by atoms with Crippen LogP contribution in [0.4, 0.5) is 0 Å². The van der Waals surface area contributed by atoms with E-state index in [1.165, 1.54) is 5.56 Å². The van der Waals surface area contributed by atoms with Crippen LogP contribution in [0.5, 0.6) is 11.5 Å². The number of rotatable bonds is 7. The molecule has 3 aromatic rings. The molecule has 130 valence electrons. The third-order valence-electron chi connectivity index (χ3n) is 4.09. The van der Waals surface area contributed by atoms with E-state index >= 15 is 0 Å². The van der Waals surface area contributed by atoms with Gasteiger partial charge in [0.25, 0.3) is 0 Å². The number of hydrogen-bond acceptors (Lipinski definition) is 4. The van der Waals surface area contributed by atoms with Gasteiger partial charge in [-0.3, -0.25) is 4.68 Å². The smallest absolute Gasteiger partial charge is 0.123 e. The molecular formula is C20H22N2O3. The Balaban J connectivity index is 1.94. The number of nitrogens with zero attached hydrogens (tertiary/aromatic N) is 2. The number of aromatic nitrogens is 2. The van der Waals surface area contributed by atoms with Gasteiger partial charge in [0, 0.05) is 18.2 Å². The van der Waals surface area contributed by atoms with Gasteiger partial charge in [-0.15, -0.1) is 0 Å². The number of ether oxygens (including phenoxy) is 2. The van der Waals surface area contributed by atoms with Crippen LogP contribution in [0.25, 0.3) is 11.3 Å². The van der Waals surface area contributed by atoms with E-state index in [1.54, 1.807) is 14.2 Å². The minimum absolute atomic E-state index is 0.0908. The monoisotopic (exact) mass is 338 g/mol. The lowest BCUT2D eigenvalue weighted by Gasteiger charge is -2.11. The Morgan fingerprint density at radius 1 is 0.960 bits per heavy atom. The number of hydrogen-bond donors (Lipinski definition) is 1. The summed E-state index contributed by atoms with van der Waals surface area (Å²) >= 11 is 0. The average Bonchev–Trinajstić information content (AvgIpc) is 3.10. The van der Waals surface area contributed by atoms with Gasteiger partial charge in [-0.05, 0) is 30.2 Å². The van der Waals surface area contributed by atoms with Gasteiger partial charge in [0.15, 0.2) is 0 Å². The summed E-state index contributed by atoms with van der Waals surface area (Å²) in [6.45, 7) is 0.630. The van der Waals surface area contributed by atoms with Crippen molar-refractivity contribution in [1.82, 2.24) is 9.78 Å². The third kappa shape index (κ3) is 4.00. The van der Waals surface area contributed by atoms with Gasteiger partial charge in [0.2, 0.25) is 0 Å². The van der Waals surface area contributed by atoms with Gasteiger partial charge in [-0.2, -0.15) is 5.10 Å². The first-order valence-electron chi connectivity index (χ1n) is 8.18. The van der Waals surface area contributed by atoms with Crippen molar-refractivity contribution in [1.29, 1.82) is 0 Å². The number of aliphatic hydroxyl groups excluding tert-OH is 1. The average molecular weight is 338 g/mol. The molecule has 0 amide bonds. The largest absolute Gasteiger partial charge is 0.497 e. The summed E-state index contributed by atoms with van der Waals surface area (Å²) in [6.07, 6.45) is 0.863. The third-order valence-corrected chi connectivity index (χ3v) is 4.09. The summed E-state index contributed by atoms with van der Waals surface area (Å²) in [5.41, 5.74) is 3.76. The molecule has 0 unspecified atom stereocenters. The quantitative estimate of drug-likeness (QED) is 0.718. The van der Waals surface area contributed by atoms with Crippen molar-refractivity contribution < 1.29 is 14.6 Å². The van der Waals surface area contributed by atoms with Crippen molar-refractivity contribution in [3.63, 3.8) is 0 Å². The molecule has 0 saturated heterocycles. The molecule has 3 rings (SSSR count). The number of aryl methyl sites for hydroxylation is 2. The first-order chi connectivity index (χ1) is 12.2. The molecule has 5 nitrogen and oxygen atoms in total. The Bertz CT molecular complexity index is 806. The molecule has 1 N–H and O–H groups in total. The highest BCUT2D eigenvalue weighted by molar-refractivity contribution is 5.64. The summed E-state index contributed by atoms with van der Waals surface area (Å²) in [7, 11) is 3.26. The van der Waals surface area contributed by atoms with E-state index in [0.717, 1.165) is 35.7 Å². The molecule has 0 atom stereocenters. The normalized spacial score (nSPS) is 10.7.